The average Bonchev–Trinajstić information content (AvgIpc) is 2.31. The minimum atomic E-state index is -3.65. The first-order chi connectivity index (χ1) is 9.20. The molecule has 0 aromatic heterocycles. The monoisotopic (exact) mass is 310 g/mol. The summed E-state index contributed by atoms with van der Waals surface area (Å²) in [6.45, 7) is 3.62. The highest BCUT2D eigenvalue weighted by Gasteiger charge is 2.31. The van der Waals surface area contributed by atoms with E-state index in [0.717, 1.165) is 0 Å². The first-order valence-electron chi connectivity index (χ1n) is 6.10. The van der Waals surface area contributed by atoms with Crippen LogP contribution >= 0.6 is 7.75 Å². The largest absolute Gasteiger partial charge is 0.480 e. The Hall–Kier alpha value is -1.15. The molecule has 0 aliphatic heterocycles. The van der Waals surface area contributed by atoms with Crippen LogP contribution in [-0.2, 0) is 18.4 Å². The maximum absolute atomic E-state index is 12.2. The van der Waals surface area contributed by atoms with Gasteiger partial charge in [-0.15, -0.1) is 0 Å². The Morgan fingerprint density at radius 3 is 2.45 bits per heavy atom. The zero-order valence-electron chi connectivity index (χ0n) is 11.9. The van der Waals surface area contributed by atoms with Crippen molar-refractivity contribution >= 4 is 19.7 Å². The summed E-state index contributed by atoms with van der Waals surface area (Å²) < 4.78 is 22.0. The lowest BCUT2D eigenvalue weighted by molar-refractivity contribution is -0.139. The predicted octanol–water partition coefficient (Wildman–Crippen LogP) is 0.262. The lowest BCUT2D eigenvalue weighted by atomic mass is 10.2. The van der Waals surface area contributed by atoms with Crippen molar-refractivity contribution in [3.05, 3.63) is 0 Å². The molecule has 0 aliphatic rings. The minimum absolute atomic E-state index is 0.0597. The molecule has 0 amide bonds. The van der Waals surface area contributed by atoms with Gasteiger partial charge in [-0.25, -0.2) is 9.65 Å². The number of carboxylic acids is 1. The second-order valence-electron chi connectivity index (χ2n) is 4.30. The van der Waals surface area contributed by atoms with Crippen molar-refractivity contribution in [2.24, 2.45) is 16.5 Å². The van der Waals surface area contributed by atoms with Crippen molar-refractivity contribution in [3.8, 4) is 0 Å². The Morgan fingerprint density at radius 1 is 1.45 bits per heavy atom. The van der Waals surface area contributed by atoms with Gasteiger partial charge < -0.3 is 21.1 Å². The van der Waals surface area contributed by atoms with Crippen LogP contribution in [0.1, 0.15) is 26.7 Å². The summed E-state index contributed by atoms with van der Waals surface area (Å²) in [5.74, 6) is -1.21. The first kappa shape index (κ1) is 18.9. The van der Waals surface area contributed by atoms with Crippen molar-refractivity contribution in [1.82, 2.24) is 5.09 Å². The molecule has 0 spiro atoms. The Balaban J connectivity index is 4.56. The molecule has 0 aromatic carbocycles. The van der Waals surface area contributed by atoms with E-state index >= 15 is 0 Å². The van der Waals surface area contributed by atoms with Gasteiger partial charge in [-0.05, 0) is 26.7 Å². The predicted molar refractivity (Wildman–Crippen MR) is 75.3 cm³/mol. The zero-order valence-corrected chi connectivity index (χ0v) is 12.8. The summed E-state index contributed by atoms with van der Waals surface area (Å²) in [5.41, 5.74) is 10.3. The Kier molecular flexibility index (Phi) is 8.40. The van der Waals surface area contributed by atoms with Gasteiger partial charge in [0.15, 0.2) is 5.96 Å². The fraction of sp³-hybridized carbons (Fsp3) is 0.800. The third kappa shape index (κ3) is 8.11. The minimum Gasteiger partial charge on any atom is -0.480 e. The highest BCUT2D eigenvalue weighted by molar-refractivity contribution is 7.51. The molecule has 0 rings (SSSR count). The second-order valence-corrected chi connectivity index (χ2v) is 6.13. The van der Waals surface area contributed by atoms with Crippen LogP contribution in [-0.4, -0.2) is 42.8 Å². The van der Waals surface area contributed by atoms with E-state index < -0.39 is 19.8 Å². The molecule has 0 saturated carbocycles. The number of nitrogens with one attached hydrogen (secondary N) is 1. The van der Waals surface area contributed by atoms with E-state index in [2.05, 4.69) is 10.1 Å². The quantitative estimate of drug-likeness (QED) is 0.194. The highest BCUT2D eigenvalue weighted by Crippen LogP contribution is 2.44. The topological polar surface area (TPSA) is 149 Å². The van der Waals surface area contributed by atoms with Gasteiger partial charge in [0.05, 0.1) is 6.10 Å². The number of nitrogens with zero attached hydrogens (tertiary/aromatic N) is 1. The molecular weight excluding hydrogens is 287 g/mol. The van der Waals surface area contributed by atoms with Crippen molar-refractivity contribution < 1.29 is 23.5 Å². The van der Waals surface area contributed by atoms with Crippen molar-refractivity contribution in [3.63, 3.8) is 0 Å². The lowest BCUT2D eigenvalue weighted by Crippen LogP contribution is -2.36. The number of carboxylic acid groups (broad SMARTS) is 1. The van der Waals surface area contributed by atoms with Gasteiger partial charge >= 0.3 is 13.7 Å². The van der Waals surface area contributed by atoms with Crippen LogP contribution in [0.2, 0.25) is 0 Å². The smallest absolute Gasteiger partial charge is 0.406 e. The Morgan fingerprint density at radius 2 is 2.05 bits per heavy atom. The number of carbonyl (C=O) groups is 1. The molecule has 0 radical (unpaired) electrons. The van der Waals surface area contributed by atoms with Crippen LogP contribution in [0.25, 0.3) is 0 Å². The van der Waals surface area contributed by atoms with E-state index in [0.29, 0.717) is 6.42 Å². The van der Waals surface area contributed by atoms with E-state index in [4.69, 9.17) is 25.6 Å². The molecule has 0 saturated heterocycles. The zero-order chi connectivity index (χ0) is 15.8. The summed E-state index contributed by atoms with van der Waals surface area (Å²) in [4.78, 5) is 14.9. The van der Waals surface area contributed by atoms with E-state index in [9.17, 15) is 9.36 Å². The van der Waals surface area contributed by atoms with E-state index in [1.54, 1.807) is 13.8 Å². The Bertz CT molecular complexity index is 384. The number of nitrogens with two attached hydrogens (primary N) is 2. The van der Waals surface area contributed by atoms with Gasteiger partial charge in [-0.2, -0.15) is 0 Å². The molecule has 2 atom stereocenters. The maximum atomic E-state index is 12.2. The second kappa shape index (κ2) is 8.91. The molecule has 0 aromatic rings. The molecule has 118 valence electrons. The number of hydrogen-bond acceptors (Lipinski definition) is 5. The number of guanidine groups is 1. The van der Waals surface area contributed by atoms with Crippen LogP contribution in [0, 0.1) is 0 Å². The van der Waals surface area contributed by atoms with Crippen LogP contribution in [0.4, 0.5) is 0 Å². The average molecular weight is 310 g/mol. The van der Waals surface area contributed by atoms with Crippen molar-refractivity contribution in [1.29, 1.82) is 0 Å². The molecule has 9 nitrogen and oxygen atoms in total. The van der Waals surface area contributed by atoms with E-state index in [-0.39, 0.29) is 25.0 Å². The molecule has 6 N–H and O–H groups in total. The molecular formula is C10H23N4O5P. The summed E-state index contributed by atoms with van der Waals surface area (Å²) in [6.07, 6.45) is 0.220. The van der Waals surface area contributed by atoms with E-state index in [1.165, 1.54) is 7.11 Å². The van der Waals surface area contributed by atoms with Crippen LogP contribution in [0.5, 0.6) is 0 Å². The maximum Gasteiger partial charge on any atom is 0.406 e. The summed E-state index contributed by atoms with van der Waals surface area (Å²) in [6, 6.07) is -1.08. The summed E-state index contributed by atoms with van der Waals surface area (Å²) in [5, 5.41) is 11.5. The third-order valence-electron chi connectivity index (χ3n) is 2.15. The van der Waals surface area contributed by atoms with Crippen LogP contribution in [0.15, 0.2) is 4.99 Å². The molecule has 10 heteroatoms. The van der Waals surface area contributed by atoms with Crippen LogP contribution < -0.4 is 16.6 Å². The summed E-state index contributed by atoms with van der Waals surface area (Å²) in [7, 11) is -2.46. The van der Waals surface area contributed by atoms with Gasteiger partial charge in [0.2, 0.25) is 0 Å². The molecule has 0 fully saturated rings. The Labute approximate surface area is 118 Å². The van der Waals surface area contributed by atoms with E-state index in [1.807, 2.05) is 0 Å². The first-order valence-corrected chi connectivity index (χ1v) is 7.64. The normalized spacial score (nSPS) is 15.6. The van der Waals surface area contributed by atoms with Crippen molar-refractivity contribution in [2.75, 3.05) is 13.7 Å². The van der Waals surface area contributed by atoms with Gasteiger partial charge in [0, 0.05) is 13.7 Å². The van der Waals surface area contributed by atoms with Gasteiger partial charge in [-0.1, -0.05) is 0 Å². The SMILES string of the molecule is COP(=O)(N[C@@H](CCCN=C(N)N)C(=O)O)OC(C)C. The number of rotatable bonds is 10. The number of hydrogen-bond donors (Lipinski definition) is 4. The standard InChI is InChI=1S/C10H23N4O5P/c1-7(2)19-20(17,18-3)14-8(9(15)16)5-4-6-13-10(11)12/h7-8H,4-6H2,1-3H3,(H,14,17)(H,15,16)(H4,11,12,13)/t8-,20?/m0/s1. The molecule has 1 unspecified atom stereocenters. The summed E-state index contributed by atoms with van der Waals surface area (Å²) >= 11 is 0. The fourth-order valence-electron chi connectivity index (χ4n) is 1.34. The number of aliphatic carboxylic acids is 1. The molecule has 20 heavy (non-hydrogen) atoms. The molecule has 0 bridgehead atoms. The van der Waals surface area contributed by atoms with Gasteiger partial charge in [0.25, 0.3) is 0 Å². The van der Waals surface area contributed by atoms with Gasteiger partial charge in [0.1, 0.15) is 6.04 Å². The lowest BCUT2D eigenvalue weighted by Gasteiger charge is -2.23. The van der Waals surface area contributed by atoms with Crippen LogP contribution in [0.3, 0.4) is 0 Å². The van der Waals surface area contributed by atoms with Gasteiger partial charge in [-0.3, -0.25) is 14.3 Å². The highest BCUT2D eigenvalue weighted by atomic mass is 31.2. The third-order valence-corrected chi connectivity index (χ3v) is 3.96. The number of aliphatic imine (C=N–C) groups is 1. The molecule has 0 aliphatic carbocycles. The van der Waals surface area contributed by atoms with Crippen molar-refractivity contribution in [2.45, 2.75) is 38.8 Å². The fourth-order valence-corrected chi connectivity index (χ4v) is 2.77. The molecule has 0 heterocycles.